The topological polar surface area (TPSA) is 46.6 Å². The van der Waals surface area contributed by atoms with Gasteiger partial charge in [-0.1, -0.05) is 29.3 Å². The fraction of sp³-hybridized carbons (Fsp3) is 0.565. The van der Waals surface area contributed by atoms with Gasteiger partial charge in [-0.2, -0.15) is 0 Å². The molecule has 0 N–H and O–H groups in total. The van der Waals surface area contributed by atoms with E-state index in [1.165, 1.54) is 0 Å². The van der Waals surface area contributed by atoms with E-state index in [4.69, 9.17) is 0 Å². The number of carbonyl (C=O) groups excluding carboxylic acids is 2. The highest BCUT2D eigenvalue weighted by atomic mass is 79.9. The Morgan fingerprint density at radius 1 is 1.32 bits per heavy atom. The van der Waals surface area contributed by atoms with Gasteiger partial charge in [-0.05, 0) is 71.2 Å². The molecule has 1 unspecified atom stereocenters. The second kappa shape index (κ2) is 13.4. The third kappa shape index (κ3) is 10.5. The van der Waals surface area contributed by atoms with Crippen LogP contribution in [-0.4, -0.2) is 24.0 Å². The summed E-state index contributed by atoms with van der Waals surface area (Å²) in [7, 11) is 0. The average molecular weight is 452 g/mol. The van der Waals surface area contributed by atoms with Gasteiger partial charge in [-0.3, -0.25) is 9.59 Å². The zero-order chi connectivity index (χ0) is 21.7. The number of halogens is 1. The lowest BCUT2D eigenvalue weighted by atomic mass is 10.0. The quantitative estimate of drug-likeness (QED) is 0.374. The van der Waals surface area contributed by atoms with Gasteiger partial charge in [-0.25, -0.2) is 0 Å². The van der Waals surface area contributed by atoms with Crippen LogP contribution in [0.2, 0.25) is 0 Å². The first-order chi connectivity index (χ1) is 13.1. The largest absolute Gasteiger partial charge is 0.462 e. The Bertz CT molecular complexity index is 683. The molecule has 0 radical (unpaired) electrons. The molecule has 1 rings (SSSR count). The Morgan fingerprint density at radius 2 is 1.96 bits per heavy atom. The second-order valence-corrected chi connectivity index (χ2v) is 8.41. The van der Waals surface area contributed by atoms with Crippen LogP contribution in [0.5, 0.6) is 0 Å². The van der Waals surface area contributed by atoms with Crippen LogP contribution in [-0.2, 0) is 14.3 Å². The van der Waals surface area contributed by atoms with Gasteiger partial charge in [-0.15, -0.1) is 11.8 Å². The molecule has 0 fully saturated rings. The number of amides is 1. The molecule has 1 amide bonds. The van der Waals surface area contributed by atoms with Crippen molar-refractivity contribution < 1.29 is 14.3 Å². The number of hydrogen-bond acceptors (Lipinski definition) is 3. The molecule has 28 heavy (non-hydrogen) atoms. The first-order valence-corrected chi connectivity index (χ1v) is 10.4. The molecule has 0 spiro atoms. The van der Waals surface area contributed by atoms with Crippen molar-refractivity contribution in [2.75, 3.05) is 4.90 Å². The minimum Gasteiger partial charge on any atom is -0.462 e. The number of hydrogen-bond donors (Lipinski definition) is 0. The van der Waals surface area contributed by atoms with Crippen molar-refractivity contribution in [1.82, 2.24) is 0 Å². The maximum absolute atomic E-state index is 12.2. The van der Waals surface area contributed by atoms with E-state index in [1.54, 1.807) is 6.92 Å². The SMILES string of the molecule is CC#CCCC(CCC)N(C(C)=O)c1ccc(Br)c(C)c1.CC(C)(C)OC=O. The van der Waals surface area contributed by atoms with E-state index in [0.717, 1.165) is 41.4 Å². The number of aryl methyl sites for hydroxylation is 1. The summed E-state index contributed by atoms with van der Waals surface area (Å²) in [4.78, 5) is 23.7. The van der Waals surface area contributed by atoms with Crippen LogP contribution < -0.4 is 4.90 Å². The number of ether oxygens (including phenoxy) is 1. The van der Waals surface area contributed by atoms with E-state index < -0.39 is 0 Å². The van der Waals surface area contributed by atoms with Crippen LogP contribution in [0.15, 0.2) is 22.7 Å². The Kier molecular flexibility index (Phi) is 12.5. The van der Waals surface area contributed by atoms with E-state index in [9.17, 15) is 9.59 Å². The molecule has 0 aliphatic rings. The summed E-state index contributed by atoms with van der Waals surface area (Å²) in [6.07, 6.45) is 3.81. The summed E-state index contributed by atoms with van der Waals surface area (Å²) in [5, 5.41) is 0. The fourth-order valence-corrected chi connectivity index (χ4v) is 2.92. The van der Waals surface area contributed by atoms with E-state index in [2.05, 4.69) is 45.5 Å². The van der Waals surface area contributed by atoms with Crippen molar-refractivity contribution in [3.05, 3.63) is 28.2 Å². The number of rotatable bonds is 7. The van der Waals surface area contributed by atoms with E-state index >= 15 is 0 Å². The maximum Gasteiger partial charge on any atom is 0.293 e. The molecule has 0 aliphatic heterocycles. The van der Waals surface area contributed by atoms with Gasteiger partial charge in [0.15, 0.2) is 0 Å². The van der Waals surface area contributed by atoms with Crippen molar-refractivity contribution >= 4 is 34.0 Å². The van der Waals surface area contributed by atoms with E-state index in [0.29, 0.717) is 6.47 Å². The zero-order valence-electron chi connectivity index (χ0n) is 18.3. The average Bonchev–Trinajstić information content (AvgIpc) is 2.57. The molecule has 1 atom stereocenters. The lowest BCUT2D eigenvalue weighted by Gasteiger charge is -2.31. The zero-order valence-corrected chi connectivity index (χ0v) is 19.9. The number of anilines is 1. The summed E-state index contributed by atoms with van der Waals surface area (Å²) < 4.78 is 5.62. The Morgan fingerprint density at radius 3 is 2.36 bits per heavy atom. The van der Waals surface area contributed by atoms with E-state index in [-0.39, 0.29) is 17.6 Å². The van der Waals surface area contributed by atoms with Crippen molar-refractivity contribution in [3.63, 3.8) is 0 Å². The van der Waals surface area contributed by atoms with Crippen molar-refractivity contribution in [2.24, 2.45) is 0 Å². The highest BCUT2D eigenvalue weighted by Gasteiger charge is 2.22. The molecule has 1 aromatic carbocycles. The second-order valence-electron chi connectivity index (χ2n) is 7.56. The molecule has 0 saturated heterocycles. The summed E-state index contributed by atoms with van der Waals surface area (Å²) in [6, 6.07) is 6.30. The van der Waals surface area contributed by atoms with E-state index in [1.807, 2.05) is 51.7 Å². The lowest BCUT2D eigenvalue weighted by molar-refractivity contribution is -0.138. The van der Waals surface area contributed by atoms with Gasteiger partial charge in [0.25, 0.3) is 6.47 Å². The van der Waals surface area contributed by atoms with Gasteiger partial charge in [0.1, 0.15) is 5.60 Å². The number of nitrogens with zero attached hydrogens (tertiary/aromatic N) is 1. The van der Waals surface area contributed by atoms with Crippen LogP contribution in [0.4, 0.5) is 5.69 Å². The van der Waals surface area contributed by atoms with Gasteiger partial charge < -0.3 is 9.64 Å². The van der Waals surface area contributed by atoms with Crippen molar-refractivity contribution in [3.8, 4) is 11.8 Å². The van der Waals surface area contributed by atoms with Crippen LogP contribution in [0.3, 0.4) is 0 Å². The molecule has 0 aliphatic carbocycles. The molecule has 0 heterocycles. The lowest BCUT2D eigenvalue weighted by Crippen LogP contribution is -2.39. The van der Waals surface area contributed by atoms with Gasteiger partial charge in [0.2, 0.25) is 5.91 Å². The molecular formula is C23H34BrNO3. The third-order valence-electron chi connectivity index (χ3n) is 3.93. The standard InChI is InChI=1S/C18H24BrNO.C5H10O2/c1-5-7-8-10-16(9-6-2)20(15(4)21)17-11-12-18(19)14(3)13-17;1-5(2,3)7-4-6/h11-13,16H,6,8-10H2,1-4H3;4H,1-3H3. The fourth-order valence-electron chi connectivity index (χ4n) is 2.67. The highest BCUT2D eigenvalue weighted by Crippen LogP contribution is 2.27. The molecule has 0 aromatic heterocycles. The number of benzene rings is 1. The molecule has 156 valence electrons. The van der Waals surface area contributed by atoms with Crippen molar-refractivity contribution in [2.45, 2.75) is 85.8 Å². The first kappa shape index (κ1) is 26.2. The monoisotopic (exact) mass is 451 g/mol. The predicted molar refractivity (Wildman–Crippen MR) is 120 cm³/mol. The normalized spacial score (nSPS) is 11.3. The molecule has 0 bridgehead atoms. The van der Waals surface area contributed by atoms with Crippen LogP contribution in [0.25, 0.3) is 0 Å². The van der Waals surface area contributed by atoms with Gasteiger partial charge in [0.05, 0.1) is 0 Å². The smallest absolute Gasteiger partial charge is 0.293 e. The van der Waals surface area contributed by atoms with Crippen LogP contribution >= 0.6 is 15.9 Å². The molecule has 4 nitrogen and oxygen atoms in total. The Balaban J connectivity index is 0.000000887. The van der Waals surface area contributed by atoms with Crippen LogP contribution in [0.1, 0.15) is 72.8 Å². The minimum absolute atomic E-state index is 0.0969. The first-order valence-electron chi connectivity index (χ1n) is 9.64. The Hall–Kier alpha value is -1.80. The summed E-state index contributed by atoms with van der Waals surface area (Å²) >= 11 is 3.51. The minimum atomic E-state index is -0.318. The predicted octanol–water partition coefficient (Wildman–Crippen LogP) is 6.04. The van der Waals surface area contributed by atoms with Crippen molar-refractivity contribution in [1.29, 1.82) is 0 Å². The van der Waals surface area contributed by atoms with Crippen LogP contribution in [0, 0.1) is 18.8 Å². The third-order valence-corrected chi connectivity index (χ3v) is 4.82. The summed E-state index contributed by atoms with van der Waals surface area (Å²) in [6.45, 7) is 13.6. The molecular weight excluding hydrogens is 418 g/mol. The molecule has 0 saturated carbocycles. The summed E-state index contributed by atoms with van der Waals surface area (Å²) in [5.41, 5.74) is 1.80. The van der Waals surface area contributed by atoms with Gasteiger partial charge in [0, 0.05) is 29.5 Å². The van der Waals surface area contributed by atoms with Gasteiger partial charge >= 0.3 is 0 Å². The number of carbonyl (C=O) groups is 2. The highest BCUT2D eigenvalue weighted by molar-refractivity contribution is 9.10. The summed E-state index contributed by atoms with van der Waals surface area (Å²) in [5.74, 6) is 6.13. The maximum atomic E-state index is 12.2. The Labute approximate surface area is 179 Å². The molecule has 1 aromatic rings. The molecule has 5 heteroatoms.